The van der Waals surface area contributed by atoms with E-state index in [0.29, 0.717) is 0 Å². The monoisotopic (exact) mass is 301 g/mol. The van der Waals surface area contributed by atoms with Crippen LogP contribution < -0.4 is 10.1 Å². The van der Waals surface area contributed by atoms with Gasteiger partial charge in [-0.1, -0.05) is 18.2 Å². The smallest absolute Gasteiger partial charge is 0.194 e. The molecule has 1 atom stereocenters. The number of hydrogen-bond donors (Lipinski definition) is 1. The Hall–Kier alpha value is -1.85. The van der Waals surface area contributed by atoms with Gasteiger partial charge < -0.3 is 10.1 Å². The van der Waals surface area contributed by atoms with E-state index < -0.39 is 0 Å². The molecule has 3 aromatic rings. The number of nitrogens with zero attached hydrogens (tertiary/aromatic N) is 2. The lowest BCUT2D eigenvalue weighted by Gasteiger charge is -2.17. The molecule has 5 heteroatoms. The molecule has 3 rings (SSSR count). The molecule has 0 aliphatic carbocycles. The molecule has 0 fully saturated rings. The Kier molecular flexibility index (Phi) is 3.94. The van der Waals surface area contributed by atoms with E-state index in [-0.39, 0.29) is 6.04 Å². The summed E-state index contributed by atoms with van der Waals surface area (Å²) in [6.45, 7) is 4.99. The number of aryl methyl sites for hydroxylation is 1. The Balaban J connectivity index is 1.78. The van der Waals surface area contributed by atoms with Crippen LogP contribution >= 0.6 is 11.3 Å². The van der Waals surface area contributed by atoms with Gasteiger partial charge in [-0.05, 0) is 19.9 Å². The van der Waals surface area contributed by atoms with E-state index in [0.717, 1.165) is 22.9 Å². The summed E-state index contributed by atoms with van der Waals surface area (Å²) in [5, 5.41) is 5.63. The topological polar surface area (TPSA) is 38.6 Å². The maximum atomic E-state index is 5.43. The van der Waals surface area contributed by atoms with Crippen LogP contribution in [0.4, 0.5) is 0 Å². The average molecular weight is 301 g/mol. The number of methoxy groups -OCH3 is 1. The van der Waals surface area contributed by atoms with Gasteiger partial charge in [-0.3, -0.25) is 4.40 Å². The van der Waals surface area contributed by atoms with E-state index in [2.05, 4.69) is 46.2 Å². The van der Waals surface area contributed by atoms with Gasteiger partial charge in [-0.25, -0.2) is 4.98 Å². The summed E-state index contributed by atoms with van der Waals surface area (Å²) in [6.07, 6.45) is 2.07. The molecule has 2 aromatic heterocycles. The molecule has 0 bridgehead atoms. The molecule has 0 amide bonds. The minimum atomic E-state index is 0.213. The normalized spacial score (nSPS) is 12.7. The number of rotatable bonds is 5. The lowest BCUT2D eigenvalue weighted by Crippen LogP contribution is -2.20. The number of aromatic nitrogens is 2. The van der Waals surface area contributed by atoms with Crippen molar-refractivity contribution in [1.29, 1.82) is 0 Å². The van der Waals surface area contributed by atoms with Gasteiger partial charge in [-0.15, -0.1) is 11.3 Å². The van der Waals surface area contributed by atoms with Crippen molar-refractivity contribution in [2.75, 3.05) is 7.11 Å². The Morgan fingerprint density at radius 3 is 3.00 bits per heavy atom. The predicted molar refractivity (Wildman–Crippen MR) is 86.1 cm³/mol. The van der Waals surface area contributed by atoms with Crippen LogP contribution in [0.2, 0.25) is 0 Å². The number of benzene rings is 1. The number of para-hydroxylation sites is 1. The SMILES string of the molecule is COc1ccccc1[C@@H](C)NCc1c(C)nc2sccn12. The van der Waals surface area contributed by atoms with Gasteiger partial charge in [0.2, 0.25) is 0 Å². The molecular formula is C16H19N3OS. The molecule has 0 saturated carbocycles. The van der Waals surface area contributed by atoms with Crippen LogP contribution in [0.3, 0.4) is 0 Å². The summed E-state index contributed by atoms with van der Waals surface area (Å²) < 4.78 is 7.58. The number of ether oxygens (including phenoxy) is 1. The highest BCUT2D eigenvalue weighted by molar-refractivity contribution is 7.15. The Bertz CT molecular complexity index is 747. The maximum absolute atomic E-state index is 5.43. The predicted octanol–water partition coefficient (Wildman–Crippen LogP) is 3.56. The summed E-state index contributed by atoms with van der Waals surface area (Å²) >= 11 is 1.66. The summed E-state index contributed by atoms with van der Waals surface area (Å²) in [5.74, 6) is 0.920. The highest BCUT2D eigenvalue weighted by atomic mass is 32.1. The summed E-state index contributed by atoms with van der Waals surface area (Å²) in [6, 6.07) is 8.33. The van der Waals surface area contributed by atoms with E-state index in [1.54, 1.807) is 18.4 Å². The van der Waals surface area contributed by atoms with Crippen LogP contribution in [-0.2, 0) is 6.54 Å². The zero-order chi connectivity index (χ0) is 14.8. The first-order chi connectivity index (χ1) is 10.2. The van der Waals surface area contributed by atoms with Crippen molar-refractivity contribution in [3.8, 4) is 5.75 Å². The quantitative estimate of drug-likeness (QED) is 0.783. The first-order valence-corrected chi connectivity index (χ1v) is 7.86. The number of hydrogen-bond acceptors (Lipinski definition) is 4. The van der Waals surface area contributed by atoms with Crippen molar-refractivity contribution < 1.29 is 4.74 Å². The molecule has 4 nitrogen and oxygen atoms in total. The Labute approximate surface area is 128 Å². The number of nitrogens with one attached hydrogen (secondary N) is 1. The van der Waals surface area contributed by atoms with Gasteiger partial charge in [-0.2, -0.15) is 0 Å². The van der Waals surface area contributed by atoms with Crippen LogP contribution in [0.5, 0.6) is 5.75 Å². The van der Waals surface area contributed by atoms with E-state index in [1.807, 2.05) is 18.2 Å². The second-order valence-corrected chi connectivity index (χ2v) is 5.92. The summed E-state index contributed by atoms with van der Waals surface area (Å²) in [7, 11) is 1.71. The molecule has 0 saturated heterocycles. The van der Waals surface area contributed by atoms with Gasteiger partial charge in [0.25, 0.3) is 0 Å². The van der Waals surface area contributed by atoms with Crippen LogP contribution in [0.1, 0.15) is 29.9 Å². The Morgan fingerprint density at radius 1 is 1.38 bits per heavy atom. The van der Waals surface area contributed by atoms with Gasteiger partial charge in [0, 0.05) is 29.7 Å². The molecule has 1 aromatic carbocycles. The van der Waals surface area contributed by atoms with E-state index in [1.165, 1.54) is 11.3 Å². The first kappa shape index (κ1) is 14.1. The molecule has 1 N–H and O–H groups in total. The minimum absolute atomic E-state index is 0.213. The summed E-state index contributed by atoms with van der Waals surface area (Å²) in [4.78, 5) is 5.62. The standard InChI is InChI=1S/C16H19N3OS/c1-11(13-6-4-5-7-15(13)20-3)17-10-14-12(2)18-16-19(14)8-9-21-16/h4-9,11,17H,10H2,1-3H3/t11-/m1/s1. The van der Waals surface area contributed by atoms with Crippen LogP contribution in [0, 0.1) is 6.92 Å². The molecule has 21 heavy (non-hydrogen) atoms. The molecule has 0 aliphatic heterocycles. The fourth-order valence-corrected chi connectivity index (χ4v) is 3.32. The van der Waals surface area contributed by atoms with Crippen LogP contribution in [0.15, 0.2) is 35.8 Å². The van der Waals surface area contributed by atoms with E-state index >= 15 is 0 Å². The van der Waals surface area contributed by atoms with Gasteiger partial charge >= 0.3 is 0 Å². The van der Waals surface area contributed by atoms with Crippen molar-refractivity contribution in [3.05, 3.63) is 52.8 Å². The molecule has 0 spiro atoms. The third-order valence-corrected chi connectivity index (χ3v) is 4.50. The molecule has 0 aliphatic rings. The number of thiazole rings is 1. The Morgan fingerprint density at radius 2 is 2.19 bits per heavy atom. The fourth-order valence-electron chi connectivity index (χ4n) is 2.54. The highest BCUT2D eigenvalue weighted by Crippen LogP contribution is 2.25. The second-order valence-electron chi connectivity index (χ2n) is 5.04. The number of imidazole rings is 1. The molecule has 110 valence electrons. The lowest BCUT2D eigenvalue weighted by atomic mass is 10.1. The molecular weight excluding hydrogens is 282 g/mol. The van der Waals surface area contributed by atoms with Crippen molar-refractivity contribution >= 4 is 16.3 Å². The highest BCUT2D eigenvalue weighted by Gasteiger charge is 2.13. The van der Waals surface area contributed by atoms with Crippen molar-refractivity contribution in [2.45, 2.75) is 26.4 Å². The average Bonchev–Trinajstić information content (AvgIpc) is 3.05. The van der Waals surface area contributed by atoms with Crippen molar-refractivity contribution in [2.24, 2.45) is 0 Å². The van der Waals surface area contributed by atoms with Gasteiger partial charge in [0.1, 0.15) is 5.75 Å². The largest absolute Gasteiger partial charge is 0.496 e. The number of fused-ring (bicyclic) bond motifs is 1. The zero-order valence-corrected chi connectivity index (χ0v) is 13.3. The fraction of sp³-hybridized carbons (Fsp3) is 0.312. The lowest BCUT2D eigenvalue weighted by molar-refractivity contribution is 0.401. The van der Waals surface area contributed by atoms with Crippen LogP contribution in [0.25, 0.3) is 4.96 Å². The second kappa shape index (κ2) is 5.87. The van der Waals surface area contributed by atoms with Gasteiger partial charge in [0.05, 0.1) is 18.5 Å². The third-order valence-electron chi connectivity index (χ3n) is 3.74. The van der Waals surface area contributed by atoms with Crippen molar-refractivity contribution in [1.82, 2.24) is 14.7 Å². The van der Waals surface area contributed by atoms with Gasteiger partial charge in [0.15, 0.2) is 4.96 Å². The minimum Gasteiger partial charge on any atom is -0.496 e. The molecule has 0 unspecified atom stereocenters. The molecule has 2 heterocycles. The first-order valence-electron chi connectivity index (χ1n) is 6.98. The van der Waals surface area contributed by atoms with E-state index in [4.69, 9.17) is 4.74 Å². The van der Waals surface area contributed by atoms with E-state index in [9.17, 15) is 0 Å². The van der Waals surface area contributed by atoms with Crippen LogP contribution in [-0.4, -0.2) is 16.5 Å². The zero-order valence-electron chi connectivity index (χ0n) is 12.5. The third kappa shape index (κ3) is 2.66. The molecule has 0 radical (unpaired) electrons. The maximum Gasteiger partial charge on any atom is 0.194 e. The van der Waals surface area contributed by atoms with Crippen molar-refractivity contribution in [3.63, 3.8) is 0 Å². The summed E-state index contributed by atoms with van der Waals surface area (Å²) in [5.41, 5.74) is 3.47.